The van der Waals surface area contributed by atoms with E-state index in [0.717, 1.165) is 31.0 Å². The molecular weight excluding hydrogens is 248 g/mol. The second kappa shape index (κ2) is 4.59. The Morgan fingerprint density at radius 3 is 2.65 bits per heavy atom. The van der Waals surface area contributed by atoms with Crippen molar-refractivity contribution >= 4 is 5.91 Å². The van der Waals surface area contributed by atoms with Crippen LogP contribution in [0.1, 0.15) is 34.3 Å². The SMILES string of the molecule is Cc1cccc2c1CCN([C@H]1CN3CCC1CC3)C2=O. The molecule has 1 atom stereocenters. The molecule has 3 fully saturated rings. The maximum absolute atomic E-state index is 12.9. The number of piperidine rings is 3. The molecule has 2 bridgehead atoms. The normalized spacial score (nSPS) is 32.4. The zero-order valence-electron chi connectivity index (χ0n) is 12.1. The van der Waals surface area contributed by atoms with Crippen molar-refractivity contribution in [1.29, 1.82) is 0 Å². The van der Waals surface area contributed by atoms with Crippen LogP contribution in [0.25, 0.3) is 0 Å². The fraction of sp³-hybridized carbons (Fsp3) is 0.588. The first-order chi connectivity index (χ1) is 9.74. The van der Waals surface area contributed by atoms with Gasteiger partial charge in [0, 0.05) is 24.7 Å². The summed E-state index contributed by atoms with van der Waals surface area (Å²) >= 11 is 0. The van der Waals surface area contributed by atoms with Gasteiger partial charge in [-0.1, -0.05) is 12.1 Å². The van der Waals surface area contributed by atoms with Crippen molar-refractivity contribution in [1.82, 2.24) is 9.80 Å². The number of nitrogens with zero attached hydrogens (tertiary/aromatic N) is 2. The minimum absolute atomic E-state index is 0.272. The molecule has 4 heterocycles. The standard InChI is InChI=1S/C17H22N2O/c1-12-3-2-4-15-14(12)7-10-19(17(15)20)16-11-18-8-5-13(16)6-9-18/h2-4,13,16H,5-11H2,1H3/t16-/m0/s1. The van der Waals surface area contributed by atoms with Gasteiger partial charge in [-0.15, -0.1) is 0 Å². The molecule has 0 aromatic heterocycles. The number of carbonyl (C=O) groups excluding carboxylic acids is 1. The number of fused-ring (bicyclic) bond motifs is 4. The summed E-state index contributed by atoms with van der Waals surface area (Å²) in [4.78, 5) is 17.6. The van der Waals surface area contributed by atoms with Crippen LogP contribution >= 0.6 is 0 Å². The molecule has 4 aliphatic rings. The first kappa shape index (κ1) is 12.4. The first-order valence-electron chi connectivity index (χ1n) is 7.86. The van der Waals surface area contributed by atoms with Gasteiger partial charge in [-0.25, -0.2) is 0 Å². The van der Waals surface area contributed by atoms with Crippen molar-refractivity contribution in [3.63, 3.8) is 0 Å². The molecule has 5 rings (SSSR count). The van der Waals surface area contributed by atoms with Crippen LogP contribution in [0, 0.1) is 12.8 Å². The number of hydrogen-bond donors (Lipinski definition) is 0. The van der Waals surface area contributed by atoms with Gasteiger partial charge >= 0.3 is 0 Å². The third kappa shape index (κ3) is 1.80. The van der Waals surface area contributed by atoms with Gasteiger partial charge in [0.2, 0.25) is 0 Å². The summed E-state index contributed by atoms with van der Waals surface area (Å²) in [5.74, 6) is 1.00. The van der Waals surface area contributed by atoms with Crippen LogP contribution in [0.3, 0.4) is 0 Å². The van der Waals surface area contributed by atoms with Crippen LogP contribution in [-0.4, -0.2) is 47.9 Å². The Labute approximate surface area is 120 Å². The second-order valence-corrected chi connectivity index (χ2v) is 6.55. The van der Waals surface area contributed by atoms with Gasteiger partial charge in [-0.2, -0.15) is 0 Å². The van der Waals surface area contributed by atoms with Crippen molar-refractivity contribution in [3.05, 3.63) is 34.9 Å². The highest BCUT2D eigenvalue weighted by Crippen LogP contribution is 2.33. The molecule has 20 heavy (non-hydrogen) atoms. The fourth-order valence-electron chi connectivity index (χ4n) is 4.33. The van der Waals surface area contributed by atoms with E-state index in [-0.39, 0.29) is 5.91 Å². The van der Waals surface area contributed by atoms with Gasteiger partial charge in [0.15, 0.2) is 0 Å². The number of aryl methyl sites for hydroxylation is 1. The molecule has 1 aromatic carbocycles. The second-order valence-electron chi connectivity index (χ2n) is 6.55. The van der Waals surface area contributed by atoms with Gasteiger partial charge in [-0.05, 0) is 62.4 Å². The van der Waals surface area contributed by atoms with Crippen molar-refractivity contribution in [2.24, 2.45) is 5.92 Å². The van der Waals surface area contributed by atoms with Crippen LogP contribution in [0.2, 0.25) is 0 Å². The van der Waals surface area contributed by atoms with Crippen LogP contribution in [0.15, 0.2) is 18.2 Å². The van der Waals surface area contributed by atoms with E-state index in [2.05, 4.69) is 22.8 Å². The molecule has 106 valence electrons. The van der Waals surface area contributed by atoms with E-state index in [1.165, 1.54) is 37.1 Å². The average Bonchev–Trinajstić information content (AvgIpc) is 2.50. The van der Waals surface area contributed by atoms with Gasteiger partial charge in [-0.3, -0.25) is 4.79 Å². The van der Waals surface area contributed by atoms with E-state index in [1.54, 1.807) is 0 Å². The minimum atomic E-state index is 0.272. The zero-order valence-corrected chi connectivity index (χ0v) is 12.1. The van der Waals surface area contributed by atoms with Crippen molar-refractivity contribution < 1.29 is 4.79 Å². The monoisotopic (exact) mass is 270 g/mol. The lowest BCUT2D eigenvalue weighted by Crippen LogP contribution is -2.59. The molecule has 0 saturated carbocycles. The molecule has 3 nitrogen and oxygen atoms in total. The summed E-state index contributed by atoms with van der Waals surface area (Å²) in [5, 5.41) is 0. The third-order valence-electron chi connectivity index (χ3n) is 5.53. The fourth-order valence-corrected chi connectivity index (χ4v) is 4.33. The highest BCUT2D eigenvalue weighted by Gasteiger charge is 2.40. The summed E-state index contributed by atoms with van der Waals surface area (Å²) in [7, 11) is 0. The Balaban J connectivity index is 1.64. The predicted octanol–water partition coefficient (Wildman–Crippen LogP) is 2.09. The van der Waals surface area contributed by atoms with Crippen molar-refractivity contribution in [3.8, 4) is 0 Å². The van der Waals surface area contributed by atoms with Gasteiger partial charge < -0.3 is 9.80 Å². The summed E-state index contributed by atoms with van der Waals surface area (Å²) in [6, 6.07) is 6.61. The number of amides is 1. The number of hydrogen-bond acceptors (Lipinski definition) is 2. The molecule has 3 saturated heterocycles. The summed E-state index contributed by atoms with van der Waals surface area (Å²) in [6.45, 7) is 6.59. The van der Waals surface area contributed by atoms with Gasteiger partial charge in [0.1, 0.15) is 0 Å². The summed E-state index contributed by atoms with van der Waals surface area (Å²) in [6.07, 6.45) is 3.57. The number of carbonyl (C=O) groups is 1. The largest absolute Gasteiger partial charge is 0.334 e. The average molecular weight is 270 g/mol. The molecule has 0 aliphatic carbocycles. The Kier molecular flexibility index (Phi) is 2.84. The maximum atomic E-state index is 12.9. The van der Waals surface area contributed by atoms with Crippen LogP contribution in [0.5, 0.6) is 0 Å². The maximum Gasteiger partial charge on any atom is 0.254 e. The highest BCUT2D eigenvalue weighted by molar-refractivity contribution is 5.97. The molecule has 1 aromatic rings. The third-order valence-corrected chi connectivity index (χ3v) is 5.53. The lowest BCUT2D eigenvalue weighted by molar-refractivity contribution is 0.00604. The molecule has 0 spiro atoms. The van der Waals surface area contributed by atoms with E-state index in [4.69, 9.17) is 0 Å². The van der Waals surface area contributed by atoms with Crippen LogP contribution in [0.4, 0.5) is 0 Å². The minimum Gasteiger partial charge on any atom is -0.334 e. The molecule has 0 N–H and O–H groups in total. The van der Waals surface area contributed by atoms with E-state index in [9.17, 15) is 4.79 Å². The quantitative estimate of drug-likeness (QED) is 0.780. The van der Waals surface area contributed by atoms with Crippen molar-refractivity contribution in [2.75, 3.05) is 26.2 Å². The number of rotatable bonds is 1. The van der Waals surface area contributed by atoms with E-state index in [0.29, 0.717) is 6.04 Å². The first-order valence-corrected chi connectivity index (χ1v) is 7.86. The van der Waals surface area contributed by atoms with Crippen LogP contribution in [-0.2, 0) is 6.42 Å². The summed E-state index contributed by atoms with van der Waals surface area (Å²) in [5.41, 5.74) is 3.49. The van der Waals surface area contributed by atoms with Crippen molar-refractivity contribution in [2.45, 2.75) is 32.2 Å². The Bertz CT molecular complexity index is 546. The Morgan fingerprint density at radius 2 is 1.95 bits per heavy atom. The molecule has 4 aliphatic heterocycles. The Morgan fingerprint density at radius 1 is 1.15 bits per heavy atom. The van der Waals surface area contributed by atoms with Gasteiger partial charge in [0.25, 0.3) is 5.91 Å². The summed E-state index contributed by atoms with van der Waals surface area (Å²) < 4.78 is 0. The Hall–Kier alpha value is -1.35. The molecule has 1 amide bonds. The predicted molar refractivity (Wildman–Crippen MR) is 78.9 cm³/mol. The highest BCUT2D eigenvalue weighted by atomic mass is 16.2. The molecular formula is C17H22N2O. The van der Waals surface area contributed by atoms with Crippen LogP contribution < -0.4 is 0 Å². The lowest BCUT2D eigenvalue weighted by Gasteiger charge is -2.50. The topological polar surface area (TPSA) is 23.6 Å². The molecule has 0 unspecified atom stereocenters. The molecule has 3 heteroatoms. The van der Waals surface area contributed by atoms with E-state index >= 15 is 0 Å². The van der Waals surface area contributed by atoms with Gasteiger partial charge in [0.05, 0.1) is 0 Å². The smallest absolute Gasteiger partial charge is 0.254 e. The number of benzene rings is 1. The zero-order chi connectivity index (χ0) is 13.7. The lowest BCUT2D eigenvalue weighted by atomic mass is 9.81. The van der Waals surface area contributed by atoms with E-state index < -0.39 is 0 Å². The van der Waals surface area contributed by atoms with E-state index in [1.807, 2.05) is 12.1 Å². The molecule has 0 radical (unpaired) electrons.